The Hall–Kier alpha value is -4.23. The van der Waals surface area contributed by atoms with E-state index >= 15 is 0 Å². The molecule has 1 aromatic carbocycles. The molecule has 4 aliphatic heterocycles. The van der Waals surface area contributed by atoms with E-state index in [0.717, 1.165) is 83.6 Å². The van der Waals surface area contributed by atoms with E-state index in [1.54, 1.807) is 29.2 Å². The van der Waals surface area contributed by atoms with Gasteiger partial charge in [0.15, 0.2) is 5.76 Å². The van der Waals surface area contributed by atoms with Crippen LogP contribution >= 0.6 is 0 Å². The third-order valence-electron chi connectivity index (χ3n) is 10.1. The largest absolute Gasteiger partial charge is 0.507 e. The van der Waals surface area contributed by atoms with E-state index in [2.05, 4.69) is 25.2 Å². The molecule has 2 aromatic rings. The van der Waals surface area contributed by atoms with Gasteiger partial charge < -0.3 is 45.7 Å². The Morgan fingerprint density at radius 2 is 1.94 bits per heavy atom. The molecule has 3 saturated heterocycles. The van der Waals surface area contributed by atoms with Gasteiger partial charge in [0.05, 0.1) is 17.8 Å². The molecule has 1 amide bonds. The number of nitrogens with zero attached hydrogens (tertiary/aromatic N) is 5. The maximum absolute atomic E-state index is 13.4. The zero-order valence-electron chi connectivity index (χ0n) is 28.1. The summed E-state index contributed by atoms with van der Waals surface area (Å²) in [5.74, 6) is 1.07. The molecular formula is C35H50N8O5. The number of hydrogen-bond acceptors (Lipinski definition) is 12. The number of aromatic nitrogens is 1. The van der Waals surface area contributed by atoms with Crippen LogP contribution in [0, 0.1) is 5.92 Å². The van der Waals surface area contributed by atoms with Gasteiger partial charge in [-0.3, -0.25) is 14.6 Å². The monoisotopic (exact) mass is 662 g/mol. The van der Waals surface area contributed by atoms with E-state index in [9.17, 15) is 14.7 Å². The van der Waals surface area contributed by atoms with Crippen LogP contribution in [0.15, 0.2) is 52.4 Å². The van der Waals surface area contributed by atoms with Crippen molar-refractivity contribution in [3.63, 3.8) is 0 Å². The highest BCUT2D eigenvalue weighted by molar-refractivity contribution is 5.86. The number of hydrogen-bond donors (Lipinski definition) is 4. The van der Waals surface area contributed by atoms with Gasteiger partial charge in [0, 0.05) is 63.1 Å². The Labute approximate surface area is 282 Å². The summed E-state index contributed by atoms with van der Waals surface area (Å²) in [6, 6.07) is 8.73. The summed E-state index contributed by atoms with van der Waals surface area (Å²) in [6.45, 7) is 11.8. The molecule has 0 saturated carbocycles. The van der Waals surface area contributed by atoms with Gasteiger partial charge in [-0.1, -0.05) is 26.0 Å². The summed E-state index contributed by atoms with van der Waals surface area (Å²) in [4.78, 5) is 33.8. The predicted molar refractivity (Wildman–Crippen MR) is 181 cm³/mol. The van der Waals surface area contributed by atoms with E-state index in [1.807, 2.05) is 26.0 Å². The van der Waals surface area contributed by atoms with Gasteiger partial charge >= 0.3 is 0 Å². The minimum atomic E-state index is -0.500. The molecule has 0 bridgehead atoms. The molecular weight excluding hydrogens is 612 g/mol. The van der Waals surface area contributed by atoms with Crippen molar-refractivity contribution in [1.82, 2.24) is 30.1 Å². The number of rotatable bonds is 12. The zero-order valence-corrected chi connectivity index (χ0v) is 28.1. The molecule has 4 aliphatic rings. The number of amides is 1. The van der Waals surface area contributed by atoms with Crippen molar-refractivity contribution in [2.45, 2.75) is 63.6 Å². The first-order valence-electron chi connectivity index (χ1n) is 17.3. The smallest absolute Gasteiger partial charge is 0.254 e. The van der Waals surface area contributed by atoms with Crippen LogP contribution in [-0.4, -0.2) is 119 Å². The molecule has 0 spiro atoms. The Balaban J connectivity index is 0.955. The molecule has 3 fully saturated rings. The van der Waals surface area contributed by atoms with Gasteiger partial charge in [0.1, 0.15) is 29.9 Å². The molecule has 48 heavy (non-hydrogen) atoms. The average Bonchev–Trinajstić information content (AvgIpc) is 3.84. The number of likely N-dealkylation sites (tertiary alicyclic amines) is 2. The topological polar surface area (TPSA) is 167 Å². The fourth-order valence-corrected chi connectivity index (χ4v) is 7.57. The van der Waals surface area contributed by atoms with Crippen LogP contribution in [0.5, 0.6) is 11.6 Å². The molecule has 1 aromatic heterocycles. The maximum atomic E-state index is 13.4. The highest BCUT2D eigenvalue weighted by Gasteiger charge is 2.38. The van der Waals surface area contributed by atoms with E-state index < -0.39 is 5.92 Å². The summed E-state index contributed by atoms with van der Waals surface area (Å²) in [5.41, 5.74) is 14.7. The molecule has 13 nitrogen and oxygen atoms in total. The number of nitrogens with two attached hydrogens (primary N) is 2. The summed E-state index contributed by atoms with van der Waals surface area (Å²) in [7, 11) is 0. The third kappa shape index (κ3) is 7.41. The number of para-hydroxylation sites is 1. The first-order valence-corrected chi connectivity index (χ1v) is 17.3. The number of carbonyl (C=O) groups excluding carboxylic acids is 2. The van der Waals surface area contributed by atoms with Gasteiger partial charge in [0.25, 0.3) is 5.88 Å². The number of phenolic OH excluding ortho intramolecular Hbond substituents is 1. The summed E-state index contributed by atoms with van der Waals surface area (Å²) >= 11 is 0. The minimum Gasteiger partial charge on any atom is -0.507 e. The first-order chi connectivity index (χ1) is 23.2. The highest BCUT2D eigenvalue weighted by atomic mass is 16.5. The molecule has 4 unspecified atom stereocenters. The van der Waals surface area contributed by atoms with Crippen LogP contribution in [-0.2, 0) is 9.59 Å². The van der Waals surface area contributed by atoms with Gasteiger partial charge in [-0.05, 0) is 68.1 Å². The van der Waals surface area contributed by atoms with Crippen LogP contribution in [0.25, 0.3) is 5.70 Å². The van der Waals surface area contributed by atoms with Crippen molar-refractivity contribution in [1.29, 1.82) is 0 Å². The molecule has 0 radical (unpaired) electrons. The predicted octanol–water partition coefficient (Wildman–Crippen LogP) is 1.87. The number of aldehydes is 1. The molecule has 6 N–H and O–H groups in total. The van der Waals surface area contributed by atoms with Crippen molar-refractivity contribution < 1.29 is 24.0 Å². The van der Waals surface area contributed by atoms with Crippen LogP contribution < -0.4 is 21.5 Å². The van der Waals surface area contributed by atoms with E-state index in [0.29, 0.717) is 41.7 Å². The molecule has 5 heterocycles. The number of ether oxygens (including phenoxy) is 1. The molecule has 13 heteroatoms. The Bertz CT molecular complexity index is 1510. The molecule has 4 atom stereocenters. The standard InChI is InChI=1S/C35H50N8O5/c1-23(2)33(35(46)43-13-5-7-24(43)22-44)31-18-32(39-48-31)47-26-10-14-40(21-26)11-6-12-41-15-16-42-25(20-41)19-38-34(37)29(42)17-28(36)27-8-3-4-9-30(27)45/h3-4,8-9,17-18,22-26,33,38,45H,5-7,10-16,19-21,36-37H2,1-2H3/b28-17-. The van der Waals surface area contributed by atoms with Crippen molar-refractivity contribution in [3.8, 4) is 11.6 Å². The average molecular weight is 663 g/mol. The van der Waals surface area contributed by atoms with Gasteiger partial charge in [-0.25, -0.2) is 0 Å². The van der Waals surface area contributed by atoms with Gasteiger partial charge in [-0.2, -0.15) is 0 Å². The number of allylic oxidation sites excluding steroid dienone is 1. The van der Waals surface area contributed by atoms with E-state index in [4.69, 9.17) is 20.7 Å². The molecule has 6 rings (SSSR count). The van der Waals surface area contributed by atoms with E-state index in [-0.39, 0.29) is 35.8 Å². The zero-order chi connectivity index (χ0) is 33.8. The number of carbonyl (C=O) groups is 2. The lowest BCUT2D eigenvalue weighted by molar-refractivity contribution is -0.137. The second-order valence-electron chi connectivity index (χ2n) is 13.8. The minimum absolute atomic E-state index is 0.00662. The van der Waals surface area contributed by atoms with Crippen LogP contribution in [0.4, 0.5) is 0 Å². The maximum Gasteiger partial charge on any atom is 0.254 e. The Morgan fingerprint density at radius 3 is 2.71 bits per heavy atom. The number of aromatic hydroxyl groups is 1. The number of nitrogens with one attached hydrogen (secondary N) is 1. The second-order valence-corrected chi connectivity index (χ2v) is 13.8. The van der Waals surface area contributed by atoms with Crippen LogP contribution in [0.3, 0.4) is 0 Å². The quantitative estimate of drug-likeness (QED) is 0.244. The lowest BCUT2D eigenvalue weighted by atomic mass is 9.91. The van der Waals surface area contributed by atoms with Crippen molar-refractivity contribution in [2.75, 3.05) is 58.9 Å². The van der Waals surface area contributed by atoms with Crippen LogP contribution in [0.1, 0.15) is 56.8 Å². The Morgan fingerprint density at radius 1 is 1.15 bits per heavy atom. The van der Waals surface area contributed by atoms with Crippen molar-refractivity contribution in [3.05, 3.63) is 59.2 Å². The lowest BCUT2D eigenvalue weighted by Gasteiger charge is -2.46. The number of phenols is 1. The third-order valence-corrected chi connectivity index (χ3v) is 10.1. The van der Waals surface area contributed by atoms with E-state index in [1.165, 1.54) is 0 Å². The molecule has 0 aliphatic carbocycles. The Kier molecular flexibility index (Phi) is 10.4. The summed E-state index contributed by atoms with van der Waals surface area (Å²) < 4.78 is 11.8. The number of fused-ring (bicyclic) bond motifs is 1. The first kappa shape index (κ1) is 33.7. The lowest BCUT2D eigenvalue weighted by Crippen LogP contribution is -2.59. The fraction of sp³-hybridized carbons (Fsp3) is 0.571. The number of benzene rings is 1. The normalized spacial score (nSPS) is 24.6. The SMILES string of the molecule is CC(C)C(C(=O)N1CCCC1C=O)c1cc(OC2CCN(CCCN3CCN4C(/C=C(\N)c5ccccc5O)=C(N)NCC4C3)C2)no1. The summed E-state index contributed by atoms with van der Waals surface area (Å²) in [5, 5.41) is 17.7. The van der Waals surface area contributed by atoms with Gasteiger partial charge in [-0.15, -0.1) is 0 Å². The number of piperazine rings is 1. The highest BCUT2D eigenvalue weighted by Crippen LogP contribution is 2.33. The fourth-order valence-electron chi connectivity index (χ4n) is 7.57. The van der Waals surface area contributed by atoms with Crippen molar-refractivity contribution >= 4 is 17.9 Å². The summed E-state index contributed by atoms with van der Waals surface area (Å²) in [6.07, 6.45) is 6.26. The van der Waals surface area contributed by atoms with Crippen LogP contribution in [0.2, 0.25) is 0 Å². The van der Waals surface area contributed by atoms with Crippen molar-refractivity contribution in [2.24, 2.45) is 17.4 Å². The second kappa shape index (κ2) is 14.9. The molecule has 260 valence electrons. The van der Waals surface area contributed by atoms with Gasteiger partial charge in [0.2, 0.25) is 5.91 Å².